The highest BCUT2D eigenvalue weighted by atomic mass is 16.5. The first-order chi connectivity index (χ1) is 11.6. The van der Waals surface area contributed by atoms with Gasteiger partial charge in [0.2, 0.25) is 0 Å². The molecular weight excluding hydrogens is 300 g/mol. The molecule has 1 aliphatic rings. The molecule has 1 unspecified atom stereocenters. The Balaban J connectivity index is 1.71. The standard InChI is InChI=1S/C20H26N2O2/c1-15(2)22-13-16(8-9-20(22)23)12-21-11-10-17(14-21)18-6-4-5-7-19(18)24-3/h4-9,13,15,17H,10-12,14H2,1-3H3. The Morgan fingerprint density at radius 3 is 2.75 bits per heavy atom. The molecule has 1 atom stereocenters. The minimum atomic E-state index is 0.0714. The molecule has 1 saturated heterocycles. The molecule has 3 rings (SSSR count). The third kappa shape index (κ3) is 3.54. The zero-order valence-electron chi connectivity index (χ0n) is 14.7. The van der Waals surface area contributed by atoms with Crippen molar-refractivity contribution in [1.82, 2.24) is 9.47 Å². The molecule has 1 fully saturated rings. The zero-order chi connectivity index (χ0) is 17.1. The van der Waals surface area contributed by atoms with Crippen molar-refractivity contribution in [3.63, 3.8) is 0 Å². The van der Waals surface area contributed by atoms with Crippen LogP contribution < -0.4 is 10.3 Å². The van der Waals surface area contributed by atoms with Gasteiger partial charge in [0, 0.05) is 37.3 Å². The topological polar surface area (TPSA) is 34.5 Å². The van der Waals surface area contributed by atoms with Gasteiger partial charge in [-0.1, -0.05) is 24.3 Å². The van der Waals surface area contributed by atoms with Crippen molar-refractivity contribution in [3.05, 3.63) is 64.1 Å². The molecular formula is C20H26N2O2. The van der Waals surface area contributed by atoms with Gasteiger partial charge >= 0.3 is 0 Å². The van der Waals surface area contributed by atoms with E-state index in [1.807, 2.05) is 42.8 Å². The number of ether oxygens (including phenoxy) is 1. The average molecular weight is 326 g/mol. The summed E-state index contributed by atoms with van der Waals surface area (Å²) in [5.74, 6) is 1.50. The Morgan fingerprint density at radius 2 is 2.00 bits per heavy atom. The van der Waals surface area contributed by atoms with Crippen LogP contribution in [-0.4, -0.2) is 29.7 Å². The number of benzene rings is 1. The fraction of sp³-hybridized carbons (Fsp3) is 0.450. The van der Waals surface area contributed by atoms with Crippen molar-refractivity contribution in [1.29, 1.82) is 0 Å². The van der Waals surface area contributed by atoms with Crippen molar-refractivity contribution in [2.24, 2.45) is 0 Å². The first-order valence-electron chi connectivity index (χ1n) is 8.65. The maximum absolute atomic E-state index is 11.9. The molecule has 0 aliphatic carbocycles. The quantitative estimate of drug-likeness (QED) is 0.844. The van der Waals surface area contributed by atoms with E-state index in [4.69, 9.17) is 4.74 Å². The lowest BCUT2D eigenvalue weighted by atomic mass is 9.97. The molecule has 0 spiro atoms. The molecule has 0 N–H and O–H groups in total. The van der Waals surface area contributed by atoms with Crippen molar-refractivity contribution in [2.75, 3.05) is 20.2 Å². The molecule has 2 heterocycles. The van der Waals surface area contributed by atoms with Gasteiger partial charge in [0.15, 0.2) is 0 Å². The fourth-order valence-corrected chi connectivity index (χ4v) is 3.54. The van der Waals surface area contributed by atoms with Crippen molar-refractivity contribution < 1.29 is 4.74 Å². The van der Waals surface area contributed by atoms with Gasteiger partial charge in [-0.3, -0.25) is 9.69 Å². The van der Waals surface area contributed by atoms with Crippen molar-refractivity contribution in [2.45, 2.75) is 38.8 Å². The third-order valence-electron chi connectivity index (χ3n) is 4.81. The minimum absolute atomic E-state index is 0.0714. The van der Waals surface area contributed by atoms with Gasteiger partial charge in [-0.05, 0) is 44.0 Å². The van der Waals surface area contributed by atoms with Crippen LogP contribution in [0, 0.1) is 0 Å². The van der Waals surface area contributed by atoms with Crippen LogP contribution in [0.15, 0.2) is 47.4 Å². The lowest BCUT2D eigenvalue weighted by Crippen LogP contribution is -2.24. The number of pyridine rings is 1. The molecule has 1 aromatic carbocycles. The SMILES string of the molecule is COc1ccccc1C1CCN(Cc2ccc(=O)n(C(C)C)c2)C1. The molecule has 0 bridgehead atoms. The second-order valence-corrected chi connectivity index (χ2v) is 6.84. The van der Waals surface area contributed by atoms with E-state index in [1.165, 1.54) is 11.1 Å². The first kappa shape index (κ1) is 16.8. The highest BCUT2D eigenvalue weighted by molar-refractivity contribution is 5.37. The predicted octanol–water partition coefficient (Wildman–Crippen LogP) is 3.43. The van der Waals surface area contributed by atoms with Crippen LogP contribution in [0.3, 0.4) is 0 Å². The zero-order valence-corrected chi connectivity index (χ0v) is 14.7. The maximum atomic E-state index is 11.9. The summed E-state index contributed by atoms with van der Waals surface area (Å²) in [6.07, 6.45) is 3.15. The van der Waals surface area contributed by atoms with Gasteiger partial charge in [-0.15, -0.1) is 0 Å². The Hall–Kier alpha value is -2.07. The summed E-state index contributed by atoms with van der Waals surface area (Å²) in [6, 6.07) is 12.1. The number of hydrogen-bond acceptors (Lipinski definition) is 3. The third-order valence-corrected chi connectivity index (χ3v) is 4.81. The monoisotopic (exact) mass is 326 g/mol. The number of likely N-dealkylation sites (tertiary alicyclic amines) is 1. The molecule has 4 nitrogen and oxygen atoms in total. The van der Waals surface area contributed by atoms with E-state index in [0.29, 0.717) is 5.92 Å². The van der Waals surface area contributed by atoms with Crippen molar-refractivity contribution in [3.8, 4) is 5.75 Å². The molecule has 0 saturated carbocycles. The van der Waals surface area contributed by atoms with E-state index in [-0.39, 0.29) is 11.6 Å². The van der Waals surface area contributed by atoms with Crippen LogP contribution in [0.4, 0.5) is 0 Å². The summed E-state index contributed by atoms with van der Waals surface area (Å²) in [4.78, 5) is 14.4. The molecule has 24 heavy (non-hydrogen) atoms. The van der Waals surface area contributed by atoms with Gasteiger partial charge in [0.05, 0.1) is 7.11 Å². The summed E-state index contributed by atoms with van der Waals surface area (Å²) in [6.45, 7) is 7.07. The smallest absolute Gasteiger partial charge is 0.250 e. The summed E-state index contributed by atoms with van der Waals surface area (Å²) < 4.78 is 7.32. The van der Waals surface area contributed by atoms with Gasteiger partial charge in [0.1, 0.15) is 5.75 Å². The second kappa shape index (κ2) is 7.22. The summed E-state index contributed by atoms with van der Waals surface area (Å²) in [7, 11) is 1.74. The summed E-state index contributed by atoms with van der Waals surface area (Å²) >= 11 is 0. The van der Waals surface area contributed by atoms with E-state index >= 15 is 0 Å². The highest BCUT2D eigenvalue weighted by Crippen LogP contribution is 2.33. The summed E-state index contributed by atoms with van der Waals surface area (Å²) in [5, 5.41) is 0. The number of nitrogens with zero attached hydrogens (tertiary/aromatic N) is 2. The second-order valence-electron chi connectivity index (χ2n) is 6.84. The van der Waals surface area contributed by atoms with Crippen LogP contribution >= 0.6 is 0 Å². The molecule has 0 radical (unpaired) electrons. The van der Waals surface area contributed by atoms with Crippen LogP contribution in [0.25, 0.3) is 0 Å². The molecule has 128 valence electrons. The van der Waals surface area contributed by atoms with Crippen molar-refractivity contribution >= 4 is 0 Å². The fourth-order valence-electron chi connectivity index (χ4n) is 3.54. The van der Waals surface area contributed by atoms with Gasteiger partial charge < -0.3 is 9.30 Å². The Morgan fingerprint density at radius 1 is 1.21 bits per heavy atom. The number of rotatable bonds is 5. The lowest BCUT2D eigenvalue weighted by Gasteiger charge is -2.19. The average Bonchev–Trinajstić information content (AvgIpc) is 3.04. The summed E-state index contributed by atoms with van der Waals surface area (Å²) in [5.41, 5.74) is 2.57. The van der Waals surface area contributed by atoms with E-state index in [9.17, 15) is 4.79 Å². The van der Waals surface area contributed by atoms with Gasteiger partial charge in [0.25, 0.3) is 5.56 Å². The maximum Gasteiger partial charge on any atom is 0.250 e. The largest absolute Gasteiger partial charge is 0.496 e. The first-order valence-corrected chi connectivity index (χ1v) is 8.65. The van der Waals surface area contributed by atoms with Gasteiger partial charge in [-0.25, -0.2) is 0 Å². The Labute approximate surface area is 143 Å². The van der Waals surface area contributed by atoms with E-state index in [2.05, 4.69) is 17.0 Å². The molecule has 1 aliphatic heterocycles. The number of methoxy groups -OCH3 is 1. The molecule has 2 aromatic rings. The number of para-hydroxylation sites is 1. The number of aromatic nitrogens is 1. The molecule has 0 amide bonds. The minimum Gasteiger partial charge on any atom is -0.496 e. The predicted molar refractivity (Wildman–Crippen MR) is 96.7 cm³/mol. The molecule has 4 heteroatoms. The van der Waals surface area contributed by atoms with Crippen LogP contribution in [-0.2, 0) is 6.54 Å². The van der Waals surface area contributed by atoms with Gasteiger partial charge in [-0.2, -0.15) is 0 Å². The van der Waals surface area contributed by atoms with Crippen LogP contribution in [0.1, 0.15) is 43.4 Å². The van der Waals surface area contributed by atoms with E-state index in [0.717, 1.165) is 31.8 Å². The van der Waals surface area contributed by atoms with E-state index < -0.39 is 0 Å². The van der Waals surface area contributed by atoms with Crippen LogP contribution in [0.5, 0.6) is 5.75 Å². The Bertz CT molecular complexity index is 751. The normalized spacial score (nSPS) is 18.2. The Kier molecular flexibility index (Phi) is 5.05. The molecule has 1 aromatic heterocycles. The lowest BCUT2D eigenvalue weighted by molar-refractivity contribution is 0.324. The van der Waals surface area contributed by atoms with Crippen LogP contribution in [0.2, 0.25) is 0 Å². The number of hydrogen-bond donors (Lipinski definition) is 0. The van der Waals surface area contributed by atoms with E-state index in [1.54, 1.807) is 13.2 Å². The highest BCUT2D eigenvalue weighted by Gasteiger charge is 2.26.